The Bertz CT molecular complexity index is 960. The van der Waals surface area contributed by atoms with E-state index in [9.17, 15) is 13.2 Å². The van der Waals surface area contributed by atoms with Gasteiger partial charge in [0.2, 0.25) is 10.0 Å². The molecule has 0 amide bonds. The van der Waals surface area contributed by atoms with Crippen LogP contribution in [0.15, 0.2) is 30.5 Å². The van der Waals surface area contributed by atoms with E-state index < -0.39 is 10.0 Å². The Morgan fingerprint density at radius 2 is 1.82 bits per heavy atom. The number of ketones is 1. The second-order valence-electron chi connectivity index (χ2n) is 8.09. The van der Waals surface area contributed by atoms with Crippen molar-refractivity contribution in [2.24, 2.45) is 5.92 Å². The fourth-order valence-corrected chi connectivity index (χ4v) is 4.19. The van der Waals surface area contributed by atoms with Crippen LogP contribution in [0.5, 0.6) is 5.75 Å². The van der Waals surface area contributed by atoms with Crippen LogP contribution in [0.3, 0.4) is 0 Å². The maximum Gasteiger partial charge on any atom is 0.234 e. The van der Waals surface area contributed by atoms with Crippen LogP contribution in [0.1, 0.15) is 32.9 Å². The van der Waals surface area contributed by atoms with E-state index in [2.05, 4.69) is 10.3 Å². The van der Waals surface area contributed by atoms with E-state index in [4.69, 9.17) is 14.2 Å². The van der Waals surface area contributed by atoms with Crippen molar-refractivity contribution >= 4 is 21.5 Å². The van der Waals surface area contributed by atoms with Crippen molar-refractivity contribution < 1.29 is 27.4 Å². The van der Waals surface area contributed by atoms with Crippen LogP contribution >= 0.6 is 0 Å². The molecular weight excluding hydrogens is 448 g/mol. The predicted octanol–water partition coefficient (Wildman–Crippen LogP) is 2.29. The monoisotopic (exact) mass is 482 g/mol. The number of rotatable bonds is 16. The Morgan fingerprint density at radius 1 is 1.12 bits per heavy atom. The zero-order valence-electron chi connectivity index (χ0n) is 19.8. The standard InChI is InChI=1S/C22H34N4O6S/c1-18(2)9-14-33(28,29)25(4)21-5-7-22(8-6-21)32-17-20-15-26(24-23-20)10-11-30-12-13-31-16-19(3)27/h5-8,15,18H,9-14,16-17H2,1-4H3. The van der Waals surface area contributed by atoms with Gasteiger partial charge < -0.3 is 14.2 Å². The zero-order chi connectivity index (χ0) is 24.3. The van der Waals surface area contributed by atoms with Crippen molar-refractivity contribution in [2.75, 3.05) is 43.5 Å². The first-order valence-electron chi connectivity index (χ1n) is 10.9. The van der Waals surface area contributed by atoms with Crippen molar-refractivity contribution in [2.45, 2.75) is 40.3 Å². The summed E-state index contributed by atoms with van der Waals surface area (Å²) < 4.78 is 44.2. The highest BCUT2D eigenvalue weighted by Gasteiger charge is 2.18. The van der Waals surface area contributed by atoms with Gasteiger partial charge in [-0.05, 0) is 43.5 Å². The molecule has 0 aliphatic carbocycles. The fourth-order valence-electron chi connectivity index (χ4n) is 2.70. The van der Waals surface area contributed by atoms with Gasteiger partial charge in [0.15, 0.2) is 5.78 Å². The van der Waals surface area contributed by atoms with Crippen molar-refractivity contribution in [1.29, 1.82) is 0 Å². The summed E-state index contributed by atoms with van der Waals surface area (Å²) in [6.45, 7) is 7.58. The molecule has 0 unspecified atom stereocenters. The minimum absolute atomic E-state index is 0.0133. The first kappa shape index (κ1) is 26.7. The summed E-state index contributed by atoms with van der Waals surface area (Å²) in [6, 6.07) is 6.90. The first-order valence-corrected chi connectivity index (χ1v) is 12.5. The van der Waals surface area contributed by atoms with Crippen molar-refractivity contribution in [3.8, 4) is 5.75 Å². The molecule has 184 valence electrons. The van der Waals surface area contributed by atoms with E-state index in [1.807, 2.05) is 13.8 Å². The average molecular weight is 483 g/mol. The molecule has 33 heavy (non-hydrogen) atoms. The molecule has 10 nitrogen and oxygen atoms in total. The number of nitrogens with zero attached hydrogens (tertiary/aromatic N) is 4. The lowest BCUT2D eigenvalue weighted by molar-refractivity contribution is -0.121. The normalized spacial score (nSPS) is 11.7. The quantitative estimate of drug-likeness (QED) is 0.335. The molecule has 0 atom stereocenters. The lowest BCUT2D eigenvalue weighted by Crippen LogP contribution is -2.29. The van der Waals surface area contributed by atoms with E-state index >= 15 is 0 Å². The van der Waals surface area contributed by atoms with Crippen LogP contribution in [0.25, 0.3) is 0 Å². The molecule has 0 saturated carbocycles. The fraction of sp³-hybridized carbons (Fsp3) is 0.591. The summed E-state index contributed by atoms with van der Waals surface area (Å²) in [4.78, 5) is 10.8. The predicted molar refractivity (Wildman–Crippen MR) is 125 cm³/mol. The number of ether oxygens (including phenoxy) is 3. The van der Waals surface area contributed by atoms with Gasteiger partial charge in [-0.3, -0.25) is 9.10 Å². The molecule has 0 fully saturated rings. The molecule has 2 rings (SSSR count). The third-order valence-electron chi connectivity index (χ3n) is 4.69. The van der Waals surface area contributed by atoms with Gasteiger partial charge in [0.1, 0.15) is 24.7 Å². The third-order valence-corrected chi connectivity index (χ3v) is 6.48. The lowest BCUT2D eigenvalue weighted by atomic mass is 10.2. The van der Waals surface area contributed by atoms with Crippen molar-refractivity contribution in [3.05, 3.63) is 36.2 Å². The summed E-state index contributed by atoms with van der Waals surface area (Å²) in [6.07, 6.45) is 2.40. The van der Waals surface area contributed by atoms with Crippen molar-refractivity contribution in [3.63, 3.8) is 0 Å². The van der Waals surface area contributed by atoms with Crippen LogP contribution in [-0.4, -0.2) is 68.4 Å². The molecule has 1 aromatic heterocycles. The van der Waals surface area contributed by atoms with Gasteiger partial charge in [0.05, 0.1) is 44.0 Å². The van der Waals surface area contributed by atoms with Gasteiger partial charge in [0, 0.05) is 7.05 Å². The minimum Gasteiger partial charge on any atom is -0.487 e. The number of hydrogen-bond acceptors (Lipinski definition) is 8. The number of hydrogen-bond donors (Lipinski definition) is 0. The second-order valence-corrected chi connectivity index (χ2v) is 10.2. The zero-order valence-corrected chi connectivity index (χ0v) is 20.6. The van der Waals surface area contributed by atoms with Crippen LogP contribution in [0, 0.1) is 5.92 Å². The third kappa shape index (κ3) is 9.89. The molecule has 0 bridgehead atoms. The second kappa shape index (κ2) is 13.3. The number of carbonyl (C=O) groups excluding carboxylic acids is 1. The molecule has 11 heteroatoms. The number of benzene rings is 1. The van der Waals surface area contributed by atoms with E-state index in [0.29, 0.717) is 55.8 Å². The molecule has 0 radical (unpaired) electrons. The smallest absolute Gasteiger partial charge is 0.234 e. The Hall–Kier alpha value is -2.50. The number of aromatic nitrogens is 3. The van der Waals surface area contributed by atoms with E-state index in [1.165, 1.54) is 11.2 Å². The number of anilines is 1. The van der Waals surface area contributed by atoms with Crippen LogP contribution in [-0.2, 0) is 37.4 Å². The summed E-state index contributed by atoms with van der Waals surface area (Å²) in [7, 11) is -1.79. The van der Waals surface area contributed by atoms with Gasteiger partial charge >= 0.3 is 0 Å². The van der Waals surface area contributed by atoms with Gasteiger partial charge in [0.25, 0.3) is 0 Å². The minimum atomic E-state index is -3.35. The van der Waals surface area contributed by atoms with Crippen molar-refractivity contribution in [1.82, 2.24) is 15.0 Å². The molecule has 0 spiro atoms. The topological polar surface area (TPSA) is 113 Å². The highest BCUT2D eigenvalue weighted by Crippen LogP contribution is 2.22. The van der Waals surface area contributed by atoms with Crippen LogP contribution in [0.4, 0.5) is 5.69 Å². The summed E-state index contributed by atoms with van der Waals surface area (Å²) >= 11 is 0. The van der Waals surface area contributed by atoms with Crippen LogP contribution in [0.2, 0.25) is 0 Å². The van der Waals surface area contributed by atoms with E-state index in [-0.39, 0.29) is 24.7 Å². The molecule has 2 aromatic rings. The van der Waals surface area contributed by atoms with Gasteiger partial charge in [-0.15, -0.1) is 5.10 Å². The van der Waals surface area contributed by atoms with Gasteiger partial charge in [-0.2, -0.15) is 0 Å². The van der Waals surface area contributed by atoms with Gasteiger partial charge in [-0.1, -0.05) is 19.1 Å². The summed E-state index contributed by atoms with van der Waals surface area (Å²) in [5, 5.41) is 8.11. The molecule has 1 heterocycles. The highest BCUT2D eigenvalue weighted by molar-refractivity contribution is 7.92. The van der Waals surface area contributed by atoms with Gasteiger partial charge in [-0.25, -0.2) is 13.1 Å². The lowest BCUT2D eigenvalue weighted by Gasteiger charge is -2.20. The van der Waals surface area contributed by atoms with Crippen LogP contribution < -0.4 is 9.04 Å². The average Bonchev–Trinajstić information content (AvgIpc) is 3.23. The Morgan fingerprint density at radius 3 is 2.48 bits per heavy atom. The molecule has 0 aliphatic rings. The Kier molecular flexibility index (Phi) is 10.8. The number of Topliss-reactive ketones (excluding diaryl/α,β-unsaturated/α-hetero) is 1. The molecule has 0 aliphatic heterocycles. The van der Waals surface area contributed by atoms with E-state index in [0.717, 1.165) is 0 Å². The SMILES string of the molecule is CC(=O)COCCOCCn1cc(COc2ccc(N(C)S(=O)(=O)CCC(C)C)cc2)nn1. The maximum atomic E-state index is 12.4. The maximum absolute atomic E-state index is 12.4. The summed E-state index contributed by atoms with van der Waals surface area (Å²) in [5.74, 6) is 1.04. The summed E-state index contributed by atoms with van der Waals surface area (Å²) in [5.41, 5.74) is 1.25. The van der Waals surface area contributed by atoms with E-state index in [1.54, 1.807) is 42.2 Å². The molecule has 0 saturated heterocycles. The molecular formula is C22H34N4O6S. The molecule has 1 aromatic carbocycles. The first-order chi connectivity index (χ1) is 15.7. The Balaban J connectivity index is 1.74. The largest absolute Gasteiger partial charge is 0.487 e. The number of carbonyl (C=O) groups is 1. The Labute approximate surface area is 195 Å². The molecule has 0 N–H and O–H groups in total. The highest BCUT2D eigenvalue weighted by atomic mass is 32.2. The number of sulfonamides is 1.